The van der Waals surface area contributed by atoms with Crippen LogP contribution in [0.3, 0.4) is 0 Å². The van der Waals surface area contributed by atoms with Gasteiger partial charge in [-0.05, 0) is 145 Å². The summed E-state index contributed by atoms with van der Waals surface area (Å²) in [5.41, 5.74) is 15.1. The SMILES string of the molecule is CC=C(/C=C\CC(C)=N)C1=c2cc/c([nH]2)=C(\C2=CCC(=N)CC2)C2=N/C(=C(\c3ccc(NP)cc3)C3=N/C(=C(/C4CCC(=N)CC4)C(/C=C\CC)=NC1)C=C3)C=C2. The minimum atomic E-state index is 0.208. The van der Waals surface area contributed by atoms with Crippen LogP contribution in [-0.4, -0.2) is 45.8 Å². The normalized spacial score (nSPS) is 24.0. The molecule has 1 fully saturated rings. The first-order valence-electron chi connectivity index (χ1n) is 20.2. The van der Waals surface area contributed by atoms with Crippen LogP contribution in [0, 0.1) is 22.1 Å². The van der Waals surface area contributed by atoms with Crippen molar-refractivity contribution in [2.24, 2.45) is 20.9 Å². The van der Waals surface area contributed by atoms with Gasteiger partial charge in [-0.2, -0.15) is 0 Å². The first kappa shape index (κ1) is 39.6. The van der Waals surface area contributed by atoms with Crippen molar-refractivity contribution in [1.82, 2.24) is 4.98 Å². The van der Waals surface area contributed by atoms with Crippen LogP contribution in [0.15, 0.2) is 140 Å². The second kappa shape index (κ2) is 18.1. The smallest absolute Gasteiger partial charge is 0.0738 e. The molecule has 0 radical (unpaired) electrons. The van der Waals surface area contributed by atoms with E-state index in [1.165, 1.54) is 5.57 Å². The minimum absolute atomic E-state index is 0.208. The highest BCUT2D eigenvalue weighted by Gasteiger charge is 2.29. The molecule has 3 aliphatic heterocycles. The average molecular weight is 773 g/mol. The first-order chi connectivity index (χ1) is 27.8. The lowest BCUT2D eigenvalue weighted by atomic mass is 9.80. The summed E-state index contributed by atoms with van der Waals surface area (Å²) in [6.45, 7) is 6.48. The highest BCUT2D eigenvalue weighted by Crippen LogP contribution is 2.37. The fourth-order valence-corrected chi connectivity index (χ4v) is 8.29. The summed E-state index contributed by atoms with van der Waals surface area (Å²) in [7, 11) is 2.57. The molecule has 57 heavy (non-hydrogen) atoms. The van der Waals surface area contributed by atoms with Gasteiger partial charge in [0.1, 0.15) is 0 Å². The Hall–Kier alpha value is -5.59. The Labute approximate surface area is 338 Å². The zero-order chi connectivity index (χ0) is 39.9. The van der Waals surface area contributed by atoms with E-state index in [2.05, 4.69) is 130 Å². The van der Waals surface area contributed by atoms with Crippen molar-refractivity contribution < 1.29 is 0 Å². The second-order valence-corrected chi connectivity index (χ2v) is 15.4. The summed E-state index contributed by atoms with van der Waals surface area (Å²) < 4.78 is 0. The van der Waals surface area contributed by atoms with Gasteiger partial charge in [-0.25, -0.2) is 9.98 Å². The minimum Gasteiger partial charge on any atom is -0.369 e. The number of hydrogen-bond donors (Lipinski definition) is 5. The summed E-state index contributed by atoms with van der Waals surface area (Å²) in [6.07, 6.45) is 28.3. The van der Waals surface area contributed by atoms with Crippen LogP contribution in [0.1, 0.15) is 84.1 Å². The topological polar surface area (TPSA) is 136 Å². The van der Waals surface area contributed by atoms with Gasteiger partial charge in [-0.3, -0.25) is 4.99 Å². The van der Waals surface area contributed by atoms with Gasteiger partial charge in [0, 0.05) is 68.7 Å². The van der Waals surface area contributed by atoms with Gasteiger partial charge < -0.3 is 26.3 Å². The fourth-order valence-electron chi connectivity index (χ4n) is 8.10. The number of hydrogen-bond acceptors (Lipinski definition) is 7. The number of rotatable bonds is 10. The molecule has 6 bridgehead atoms. The molecule has 1 unspecified atom stereocenters. The van der Waals surface area contributed by atoms with Crippen LogP contribution < -0.4 is 15.8 Å². The third-order valence-electron chi connectivity index (χ3n) is 11.1. The largest absolute Gasteiger partial charge is 0.369 e. The number of nitrogens with zero attached hydrogens (tertiary/aromatic N) is 3. The van der Waals surface area contributed by atoms with Crippen LogP contribution in [0.2, 0.25) is 0 Å². The predicted octanol–water partition coefficient (Wildman–Crippen LogP) is 9.90. The standard InChI is InChI=1S/C48H53N8P/c1-4-6-10-40-46(32-11-17-35(50)18-12-32)41-25-26-44(54-41)48(34-15-21-37(56-57)22-16-34)45-28-27-43(55-45)47(33-13-19-36(51)20-14-33)42-24-23-39(53-42)38(29-52-40)31(5-2)9-7-8-30(3)49/h5-7,9-10,13,15-16,21-28,32,49-51,53,56H,4,8,11-12,14,17-20,29,57H2,1-3H3/b9-7-,10-6-,31-5?,39-38?,46-41-,47-42-,48-45+,49-30?,50-35?,51-36?,52-40?. The van der Waals surface area contributed by atoms with Gasteiger partial charge in [0.15, 0.2) is 0 Å². The van der Waals surface area contributed by atoms with E-state index < -0.39 is 0 Å². The molecule has 1 atom stereocenters. The Morgan fingerprint density at radius 1 is 0.877 bits per heavy atom. The van der Waals surface area contributed by atoms with Gasteiger partial charge in [-0.15, -0.1) is 0 Å². The van der Waals surface area contributed by atoms with Crippen molar-refractivity contribution in [3.05, 3.63) is 142 Å². The highest BCUT2D eigenvalue weighted by molar-refractivity contribution is 7.18. The predicted molar refractivity (Wildman–Crippen MR) is 246 cm³/mol. The number of aromatic nitrogens is 1. The summed E-state index contributed by atoms with van der Waals surface area (Å²) in [5.74, 6) is 0.208. The third kappa shape index (κ3) is 9.03. The Morgan fingerprint density at radius 2 is 1.60 bits per heavy atom. The molecular formula is C48H53N8P. The number of aromatic amines is 1. The molecule has 2 aliphatic carbocycles. The van der Waals surface area contributed by atoms with Crippen molar-refractivity contribution in [3.63, 3.8) is 0 Å². The molecule has 0 spiro atoms. The Morgan fingerprint density at radius 3 is 2.28 bits per heavy atom. The molecular weight excluding hydrogens is 720 g/mol. The number of H-pyrrole nitrogens is 1. The molecule has 8 nitrogen and oxygen atoms in total. The molecule has 1 aromatic carbocycles. The Kier molecular flexibility index (Phi) is 12.6. The lowest BCUT2D eigenvalue weighted by Gasteiger charge is -2.26. The van der Waals surface area contributed by atoms with Crippen LogP contribution in [-0.2, 0) is 0 Å². The summed E-state index contributed by atoms with van der Waals surface area (Å²) >= 11 is 0. The van der Waals surface area contributed by atoms with Crippen molar-refractivity contribution in [2.75, 3.05) is 11.6 Å². The molecule has 7 rings (SSSR count). The maximum absolute atomic E-state index is 8.45. The van der Waals surface area contributed by atoms with E-state index in [4.69, 9.17) is 31.2 Å². The number of aliphatic imine (C=N–C) groups is 3. The molecule has 290 valence electrons. The number of allylic oxidation sites excluding steroid dienone is 13. The summed E-state index contributed by atoms with van der Waals surface area (Å²) in [4.78, 5) is 20.2. The lowest BCUT2D eigenvalue weighted by Crippen LogP contribution is -2.22. The van der Waals surface area contributed by atoms with Crippen molar-refractivity contribution in [3.8, 4) is 0 Å². The number of nitrogens with one attached hydrogen (secondary N) is 5. The van der Waals surface area contributed by atoms with E-state index in [0.717, 1.165) is 135 Å². The van der Waals surface area contributed by atoms with Crippen LogP contribution in [0.25, 0.3) is 16.7 Å². The summed E-state index contributed by atoms with van der Waals surface area (Å²) in [6, 6.07) is 12.7. The quantitative estimate of drug-likeness (QED) is 0.0917. The van der Waals surface area contributed by atoms with Gasteiger partial charge in [0.05, 0.1) is 35.1 Å². The molecule has 4 heterocycles. The molecule has 5 N–H and O–H groups in total. The molecule has 5 aliphatic rings. The second-order valence-electron chi connectivity index (χ2n) is 15.1. The fraction of sp³-hybridized carbons (Fsp3) is 0.292. The van der Waals surface area contributed by atoms with E-state index in [1.807, 2.05) is 6.92 Å². The molecule has 9 heteroatoms. The van der Waals surface area contributed by atoms with Crippen LogP contribution in [0.4, 0.5) is 5.69 Å². The maximum Gasteiger partial charge on any atom is 0.0738 e. The molecule has 1 aromatic heterocycles. The van der Waals surface area contributed by atoms with E-state index in [1.54, 1.807) is 0 Å². The van der Waals surface area contributed by atoms with Crippen LogP contribution in [0.5, 0.6) is 0 Å². The Bertz CT molecular complexity index is 2460. The molecule has 2 aromatic rings. The zero-order valence-corrected chi connectivity index (χ0v) is 34.5. The van der Waals surface area contributed by atoms with E-state index in [0.29, 0.717) is 25.1 Å². The number of fused-ring (bicyclic) bond motifs is 4. The van der Waals surface area contributed by atoms with Crippen LogP contribution >= 0.6 is 9.39 Å². The van der Waals surface area contributed by atoms with Gasteiger partial charge in [0.2, 0.25) is 0 Å². The monoisotopic (exact) mass is 772 g/mol. The average Bonchev–Trinajstić information content (AvgIpc) is 4.01. The van der Waals surface area contributed by atoms with Gasteiger partial charge in [-0.1, -0.05) is 49.4 Å². The van der Waals surface area contributed by atoms with E-state index in [9.17, 15) is 0 Å². The molecule has 0 amide bonds. The number of anilines is 1. The third-order valence-corrected chi connectivity index (χ3v) is 11.5. The number of benzene rings is 1. The van der Waals surface area contributed by atoms with E-state index in [-0.39, 0.29) is 5.92 Å². The van der Waals surface area contributed by atoms with Crippen molar-refractivity contribution in [2.45, 2.75) is 78.6 Å². The van der Waals surface area contributed by atoms with E-state index >= 15 is 0 Å². The molecule has 1 saturated carbocycles. The molecule has 0 saturated heterocycles. The van der Waals surface area contributed by atoms with Crippen molar-refractivity contribution in [1.29, 1.82) is 16.2 Å². The highest BCUT2D eigenvalue weighted by atomic mass is 31.0. The Balaban J connectivity index is 1.56. The van der Waals surface area contributed by atoms with Crippen molar-refractivity contribution >= 4 is 66.1 Å². The maximum atomic E-state index is 8.45. The van der Waals surface area contributed by atoms with Gasteiger partial charge in [0.25, 0.3) is 0 Å². The first-order valence-corrected chi connectivity index (χ1v) is 20.8. The summed E-state index contributed by atoms with van der Waals surface area (Å²) in [5, 5.41) is 30.0. The lowest BCUT2D eigenvalue weighted by molar-refractivity contribution is 0.517. The van der Waals surface area contributed by atoms with Gasteiger partial charge >= 0.3 is 0 Å². The zero-order valence-electron chi connectivity index (χ0n) is 33.3.